The maximum atomic E-state index is 11.2. The van der Waals surface area contributed by atoms with Crippen molar-refractivity contribution in [3.05, 3.63) is 0 Å². The Morgan fingerprint density at radius 3 is 2.43 bits per heavy atom. The van der Waals surface area contributed by atoms with E-state index in [-0.39, 0.29) is 0 Å². The molecule has 0 aromatic carbocycles. The maximum Gasteiger partial charge on any atom is 0.407 e. The van der Waals surface area contributed by atoms with E-state index in [2.05, 4.69) is 5.32 Å². The summed E-state index contributed by atoms with van der Waals surface area (Å²) in [4.78, 5) is 11.2. The number of alkyl carbamates (subject to hydrolysis) is 1. The molecule has 0 aromatic rings. The van der Waals surface area contributed by atoms with Gasteiger partial charge < -0.3 is 15.8 Å². The number of carbonyl (C=O) groups is 1. The standard InChI is InChI=1S/C9H17N3O2/c1-6(7(11)5-10)12-8(13)14-9(2,3)4/h6-7H,11H2,1-4H3,(H,12,13). The van der Waals surface area contributed by atoms with Crippen LogP contribution in [0.5, 0.6) is 0 Å². The van der Waals surface area contributed by atoms with Crippen molar-refractivity contribution in [3.63, 3.8) is 0 Å². The average molecular weight is 199 g/mol. The maximum absolute atomic E-state index is 11.2. The monoisotopic (exact) mass is 199 g/mol. The third-order valence-electron chi connectivity index (χ3n) is 1.43. The van der Waals surface area contributed by atoms with E-state index >= 15 is 0 Å². The molecule has 0 saturated carbocycles. The number of hydrogen-bond donors (Lipinski definition) is 2. The fraction of sp³-hybridized carbons (Fsp3) is 0.778. The van der Waals surface area contributed by atoms with E-state index in [0.29, 0.717) is 0 Å². The molecule has 0 heterocycles. The first kappa shape index (κ1) is 12.7. The molecule has 0 spiro atoms. The molecule has 5 heteroatoms. The third-order valence-corrected chi connectivity index (χ3v) is 1.43. The van der Waals surface area contributed by atoms with Crippen molar-refractivity contribution >= 4 is 6.09 Å². The van der Waals surface area contributed by atoms with Gasteiger partial charge in [0.15, 0.2) is 0 Å². The molecule has 5 nitrogen and oxygen atoms in total. The van der Waals surface area contributed by atoms with Crippen molar-refractivity contribution in [1.82, 2.24) is 5.32 Å². The summed E-state index contributed by atoms with van der Waals surface area (Å²) >= 11 is 0. The third kappa shape index (κ3) is 5.38. The van der Waals surface area contributed by atoms with Crippen LogP contribution >= 0.6 is 0 Å². The van der Waals surface area contributed by atoms with Crippen LogP contribution in [0.1, 0.15) is 27.7 Å². The zero-order valence-electron chi connectivity index (χ0n) is 9.00. The summed E-state index contributed by atoms with van der Waals surface area (Å²) in [5.41, 5.74) is 4.86. The Morgan fingerprint density at radius 2 is 2.07 bits per heavy atom. The van der Waals surface area contributed by atoms with Crippen LogP contribution in [-0.4, -0.2) is 23.8 Å². The molecule has 1 amide bonds. The van der Waals surface area contributed by atoms with E-state index in [1.807, 2.05) is 6.07 Å². The number of carbonyl (C=O) groups excluding carboxylic acids is 1. The van der Waals surface area contributed by atoms with Crippen LogP contribution in [0.3, 0.4) is 0 Å². The van der Waals surface area contributed by atoms with Crippen LogP contribution in [0.4, 0.5) is 4.79 Å². The van der Waals surface area contributed by atoms with Gasteiger partial charge in [-0.2, -0.15) is 5.26 Å². The zero-order valence-corrected chi connectivity index (χ0v) is 9.00. The van der Waals surface area contributed by atoms with E-state index in [9.17, 15) is 4.79 Å². The van der Waals surface area contributed by atoms with Gasteiger partial charge in [0.25, 0.3) is 0 Å². The van der Waals surface area contributed by atoms with Gasteiger partial charge in [-0.3, -0.25) is 0 Å². The smallest absolute Gasteiger partial charge is 0.407 e. The van der Waals surface area contributed by atoms with Gasteiger partial charge in [-0.05, 0) is 27.7 Å². The number of ether oxygens (including phenoxy) is 1. The molecule has 0 aliphatic heterocycles. The molecule has 0 radical (unpaired) electrons. The van der Waals surface area contributed by atoms with E-state index < -0.39 is 23.8 Å². The van der Waals surface area contributed by atoms with E-state index in [1.54, 1.807) is 27.7 Å². The highest BCUT2D eigenvalue weighted by Gasteiger charge is 2.20. The van der Waals surface area contributed by atoms with Gasteiger partial charge in [-0.15, -0.1) is 0 Å². The van der Waals surface area contributed by atoms with Gasteiger partial charge in [0, 0.05) is 0 Å². The van der Waals surface area contributed by atoms with Crippen molar-refractivity contribution in [1.29, 1.82) is 5.26 Å². The van der Waals surface area contributed by atoms with Gasteiger partial charge in [0.1, 0.15) is 11.6 Å². The van der Waals surface area contributed by atoms with Gasteiger partial charge in [0.05, 0.1) is 12.1 Å². The summed E-state index contributed by atoms with van der Waals surface area (Å²) < 4.78 is 4.99. The minimum absolute atomic E-state index is 0.421. The second kappa shape index (κ2) is 4.82. The topological polar surface area (TPSA) is 88.1 Å². The number of nitrogens with one attached hydrogen (secondary N) is 1. The molecular weight excluding hydrogens is 182 g/mol. The number of nitrogens with zero attached hydrogens (tertiary/aromatic N) is 1. The van der Waals surface area contributed by atoms with Gasteiger partial charge in [0.2, 0.25) is 0 Å². The average Bonchev–Trinajstić information content (AvgIpc) is 1.99. The number of rotatable bonds is 2. The molecule has 14 heavy (non-hydrogen) atoms. The molecular formula is C9H17N3O2. The number of nitriles is 1. The number of nitrogens with two attached hydrogens (primary N) is 1. The van der Waals surface area contributed by atoms with Crippen LogP contribution in [-0.2, 0) is 4.74 Å². The van der Waals surface area contributed by atoms with Gasteiger partial charge >= 0.3 is 6.09 Å². The second-order valence-corrected chi connectivity index (χ2v) is 4.09. The Kier molecular flexibility index (Phi) is 4.38. The van der Waals surface area contributed by atoms with Crippen molar-refractivity contribution in [2.24, 2.45) is 5.73 Å². The van der Waals surface area contributed by atoms with Crippen molar-refractivity contribution in [2.45, 2.75) is 45.4 Å². The normalized spacial score (nSPS) is 15.1. The molecule has 2 atom stereocenters. The Morgan fingerprint density at radius 1 is 1.57 bits per heavy atom. The molecule has 0 bridgehead atoms. The summed E-state index contributed by atoms with van der Waals surface area (Å²) in [6, 6.07) is 0.699. The Bertz CT molecular complexity index is 239. The summed E-state index contributed by atoms with van der Waals surface area (Å²) in [7, 11) is 0. The molecule has 0 aliphatic carbocycles. The van der Waals surface area contributed by atoms with Crippen LogP contribution in [0.25, 0.3) is 0 Å². The lowest BCUT2D eigenvalue weighted by Crippen LogP contribution is -2.46. The second-order valence-electron chi connectivity index (χ2n) is 4.09. The lowest BCUT2D eigenvalue weighted by atomic mass is 10.2. The van der Waals surface area contributed by atoms with Crippen LogP contribution in [0.2, 0.25) is 0 Å². The molecule has 80 valence electrons. The van der Waals surface area contributed by atoms with Gasteiger partial charge in [-0.1, -0.05) is 0 Å². The fourth-order valence-corrected chi connectivity index (χ4v) is 0.695. The molecule has 0 aromatic heterocycles. The van der Waals surface area contributed by atoms with Gasteiger partial charge in [-0.25, -0.2) is 4.79 Å². The lowest BCUT2D eigenvalue weighted by Gasteiger charge is -2.22. The molecule has 0 fully saturated rings. The molecule has 2 unspecified atom stereocenters. The van der Waals surface area contributed by atoms with Crippen LogP contribution < -0.4 is 11.1 Å². The minimum Gasteiger partial charge on any atom is -0.444 e. The summed E-state index contributed by atoms with van der Waals surface area (Å²) in [5, 5.41) is 11.0. The Labute approximate surface area is 84.2 Å². The van der Waals surface area contributed by atoms with Crippen molar-refractivity contribution in [3.8, 4) is 6.07 Å². The first-order valence-corrected chi connectivity index (χ1v) is 4.41. The van der Waals surface area contributed by atoms with E-state index in [4.69, 9.17) is 15.7 Å². The summed E-state index contributed by atoms with van der Waals surface area (Å²) in [6.45, 7) is 6.95. The quantitative estimate of drug-likeness (QED) is 0.686. The Hall–Kier alpha value is -1.28. The van der Waals surface area contributed by atoms with Crippen molar-refractivity contribution in [2.75, 3.05) is 0 Å². The highest BCUT2D eigenvalue weighted by Crippen LogP contribution is 2.06. The first-order chi connectivity index (χ1) is 6.26. The molecule has 0 aliphatic rings. The highest BCUT2D eigenvalue weighted by molar-refractivity contribution is 5.68. The zero-order chi connectivity index (χ0) is 11.4. The first-order valence-electron chi connectivity index (χ1n) is 4.41. The predicted octanol–water partition coefficient (Wildman–Crippen LogP) is 0.750. The predicted molar refractivity (Wildman–Crippen MR) is 52.4 cm³/mol. The number of hydrogen-bond acceptors (Lipinski definition) is 4. The van der Waals surface area contributed by atoms with E-state index in [0.717, 1.165) is 0 Å². The minimum atomic E-state index is -0.720. The lowest BCUT2D eigenvalue weighted by molar-refractivity contribution is 0.0506. The largest absolute Gasteiger partial charge is 0.444 e. The SMILES string of the molecule is CC(NC(=O)OC(C)(C)C)C(N)C#N. The summed E-state index contributed by atoms with van der Waals surface area (Å²) in [6.07, 6.45) is -0.560. The molecule has 3 N–H and O–H groups in total. The highest BCUT2D eigenvalue weighted by atomic mass is 16.6. The summed E-state index contributed by atoms with van der Waals surface area (Å²) in [5.74, 6) is 0. The fourth-order valence-electron chi connectivity index (χ4n) is 0.695. The molecule has 0 rings (SSSR count). The van der Waals surface area contributed by atoms with Crippen LogP contribution in [0.15, 0.2) is 0 Å². The van der Waals surface area contributed by atoms with Crippen molar-refractivity contribution < 1.29 is 9.53 Å². The van der Waals surface area contributed by atoms with E-state index in [1.165, 1.54) is 0 Å². The number of amides is 1. The molecule has 0 saturated heterocycles. The Balaban J connectivity index is 4.03. The van der Waals surface area contributed by atoms with Crippen LogP contribution in [0, 0.1) is 11.3 Å².